The van der Waals surface area contributed by atoms with E-state index < -0.39 is 5.95 Å². The molecule has 0 saturated carbocycles. The molecule has 0 aliphatic rings. The van der Waals surface area contributed by atoms with E-state index in [1.54, 1.807) is 6.92 Å². The van der Waals surface area contributed by atoms with Gasteiger partial charge in [-0.1, -0.05) is 12.2 Å². The Hall–Kier alpha value is -2.04. The predicted molar refractivity (Wildman–Crippen MR) is 59.9 cm³/mol. The minimum atomic E-state index is -0.821. The molecule has 1 heterocycles. The van der Waals surface area contributed by atoms with Gasteiger partial charge in [-0.25, -0.2) is 4.98 Å². The highest BCUT2D eigenvalue weighted by molar-refractivity contribution is 5.82. The Morgan fingerprint density at radius 2 is 2.35 bits per heavy atom. The van der Waals surface area contributed by atoms with Crippen molar-refractivity contribution in [2.75, 3.05) is 6.61 Å². The number of hydrogen-bond donors (Lipinski definition) is 0. The van der Waals surface area contributed by atoms with Crippen LogP contribution in [-0.4, -0.2) is 23.8 Å². The fourth-order valence-corrected chi connectivity index (χ4v) is 1.23. The van der Waals surface area contributed by atoms with Gasteiger partial charge >= 0.3 is 5.97 Å². The minimum Gasteiger partial charge on any atom is -0.466 e. The zero-order valence-electron chi connectivity index (χ0n) is 9.35. The molecule has 90 valence electrons. The molecule has 0 unspecified atom stereocenters. The summed E-state index contributed by atoms with van der Waals surface area (Å²) in [6.45, 7) is 2.03. The lowest BCUT2D eigenvalue weighted by Crippen LogP contribution is -2.01. The van der Waals surface area contributed by atoms with Crippen LogP contribution in [0.25, 0.3) is 6.08 Å². The van der Waals surface area contributed by atoms with Gasteiger partial charge in [0.25, 0.3) is 0 Å². The van der Waals surface area contributed by atoms with Crippen molar-refractivity contribution in [1.29, 1.82) is 0 Å². The second-order valence-corrected chi connectivity index (χ2v) is 3.13. The Balaban J connectivity index is 2.74. The van der Waals surface area contributed by atoms with Gasteiger partial charge in [-0.3, -0.25) is 9.59 Å². The van der Waals surface area contributed by atoms with Crippen molar-refractivity contribution in [3.05, 3.63) is 35.4 Å². The van der Waals surface area contributed by atoms with Crippen molar-refractivity contribution < 1.29 is 18.7 Å². The number of aromatic nitrogens is 1. The zero-order chi connectivity index (χ0) is 12.7. The number of pyridine rings is 1. The molecule has 0 aliphatic carbocycles. The molecule has 0 bridgehead atoms. The molecule has 5 heteroatoms. The molecule has 0 aliphatic heterocycles. The van der Waals surface area contributed by atoms with Crippen molar-refractivity contribution in [3.63, 3.8) is 0 Å². The lowest BCUT2D eigenvalue weighted by Gasteiger charge is -1.99. The van der Waals surface area contributed by atoms with Crippen LogP contribution in [0.15, 0.2) is 18.3 Å². The Morgan fingerprint density at radius 3 is 3.00 bits per heavy atom. The van der Waals surface area contributed by atoms with Gasteiger partial charge in [0, 0.05) is 6.20 Å². The summed E-state index contributed by atoms with van der Waals surface area (Å²) >= 11 is 0. The Labute approximate surface area is 98.1 Å². The van der Waals surface area contributed by atoms with Gasteiger partial charge in [0.15, 0.2) is 6.29 Å². The SMILES string of the molecule is CCOC(=O)CC=Cc1ccnc(F)c1C=O. The third-order valence-corrected chi connectivity index (χ3v) is 1.98. The van der Waals surface area contributed by atoms with Crippen LogP contribution in [0.4, 0.5) is 4.39 Å². The molecule has 0 saturated heterocycles. The van der Waals surface area contributed by atoms with Crippen molar-refractivity contribution >= 4 is 18.3 Å². The normalized spacial score (nSPS) is 10.5. The van der Waals surface area contributed by atoms with Gasteiger partial charge in [-0.15, -0.1) is 0 Å². The standard InChI is InChI=1S/C12H12FNO3/c1-2-17-11(16)5-3-4-9-6-7-14-12(13)10(9)8-15/h3-4,6-8H,2,5H2,1H3. The molecule has 0 N–H and O–H groups in total. The summed E-state index contributed by atoms with van der Waals surface area (Å²) in [6.07, 6.45) is 4.74. The molecule has 1 rings (SSSR count). The van der Waals surface area contributed by atoms with E-state index in [1.807, 2.05) is 0 Å². The number of carbonyl (C=O) groups excluding carboxylic acids is 2. The topological polar surface area (TPSA) is 56.3 Å². The average Bonchev–Trinajstić information content (AvgIpc) is 2.29. The molecule has 17 heavy (non-hydrogen) atoms. The van der Waals surface area contributed by atoms with E-state index in [9.17, 15) is 14.0 Å². The Morgan fingerprint density at radius 1 is 1.59 bits per heavy atom. The van der Waals surface area contributed by atoms with E-state index in [-0.39, 0.29) is 18.0 Å². The maximum absolute atomic E-state index is 13.1. The van der Waals surface area contributed by atoms with Crippen LogP contribution in [-0.2, 0) is 9.53 Å². The fraction of sp³-hybridized carbons (Fsp3) is 0.250. The predicted octanol–water partition coefficient (Wildman–Crippen LogP) is 2.00. The van der Waals surface area contributed by atoms with Gasteiger partial charge in [0.1, 0.15) is 0 Å². The summed E-state index contributed by atoms with van der Waals surface area (Å²) < 4.78 is 17.8. The highest BCUT2D eigenvalue weighted by Crippen LogP contribution is 2.11. The molecule has 1 aromatic heterocycles. The number of carbonyl (C=O) groups is 2. The molecule has 0 spiro atoms. The molecule has 0 amide bonds. The van der Waals surface area contributed by atoms with E-state index >= 15 is 0 Å². The first-order valence-corrected chi connectivity index (χ1v) is 5.11. The third kappa shape index (κ3) is 3.79. The van der Waals surface area contributed by atoms with Crippen LogP contribution >= 0.6 is 0 Å². The highest BCUT2D eigenvalue weighted by atomic mass is 19.1. The van der Waals surface area contributed by atoms with Crippen LogP contribution in [0.2, 0.25) is 0 Å². The molecule has 0 fully saturated rings. The second-order valence-electron chi connectivity index (χ2n) is 3.13. The summed E-state index contributed by atoms with van der Waals surface area (Å²) in [5.41, 5.74) is 0.268. The number of aldehydes is 1. The summed E-state index contributed by atoms with van der Waals surface area (Å²) in [4.78, 5) is 25.0. The molecular weight excluding hydrogens is 225 g/mol. The monoisotopic (exact) mass is 237 g/mol. The van der Waals surface area contributed by atoms with E-state index in [0.29, 0.717) is 18.5 Å². The molecule has 0 radical (unpaired) electrons. The van der Waals surface area contributed by atoms with Crippen LogP contribution in [0.1, 0.15) is 29.3 Å². The van der Waals surface area contributed by atoms with Crippen molar-refractivity contribution in [3.8, 4) is 0 Å². The number of halogens is 1. The van der Waals surface area contributed by atoms with Gasteiger partial charge < -0.3 is 4.74 Å². The number of nitrogens with zero attached hydrogens (tertiary/aromatic N) is 1. The van der Waals surface area contributed by atoms with E-state index in [2.05, 4.69) is 4.98 Å². The van der Waals surface area contributed by atoms with Gasteiger partial charge in [-0.05, 0) is 18.6 Å². The number of ether oxygens (including phenoxy) is 1. The van der Waals surface area contributed by atoms with E-state index in [1.165, 1.54) is 24.4 Å². The summed E-state index contributed by atoms with van der Waals surface area (Å²) in [7, 11) is 0. The van der Waals surface area contributed by atoms with Gasteiger partial charge in [-0.2, -0.15) is 4.39 Å². The molecule has 1 aromatic rings. The fourth-order valence-electron chi connectivity index (χ4n) is 1.23. The molecular formula is C12H12FNO3. The second kappa shape index (κ2) is 6.52. The lowest BCUT2D eigenvalue weighted by molar-refractivity contribution is -0.142. The van der Waals surface area contributed by atoms with Gasteiger partial charge in [0.05, 0.1) is 18.6 Å². The Bertz CT molecular complexity index is 443. The van der Waals surface area contributed by atoms with Crippen molar-refractivity contribution in [2.45, 2.75) is 13.3 Å². The van der Waals surface area contributed by atoms with Crippen molar-refractivity contribution in [1.82, 2.24) is 4.98 Å². The largest absolute Gasteiger partial charge is 0.466 e. The quantitative estimate of drug-likeness (QED) is 0.446. The maximum Gasteiger partial charge on any atom is 0.309 e. The van der Waals surface area contributed by atoms with Crippen LogP contribution < -0.4 is 0 Å². The average molecular weight is 237 g/mol. The first-order valence-electron chi connectivity index (χ1n) is 5.11. The first kappa shape index (κ1) is 13.0. The van der Waals surface area contributed by atoms with Crippen LogP contribution in [0.5, 0.6) is 0 Å². The Kier molecular flexibility index (Phi) is 5.00. The lowest BCUT2D eigenvalue weighted by atomic mass is 10.1. The maximum atomic E-state index is 13.1. The number of hydrogen-bond acceptors (Lipinski definition) is 4. The van der Waals surface area contributed by atoms with E-state index in [0.717, 1.165) is 0 Å². The highest BCUT2D eigenvalue weighted by Gasteiger charge is 2.06. The molecule has 0 aromatic carbocycles. The van der Waals surface area contributed by atoms with E-state index in [4.69, 9.17) is 4.74 Å². The van der Waals surface area contributed by atoms with Crippen LogP contribution in [0, 0.1) is 5.95 Å². The number of rotatable bonds is 5. The first-order chi connectivity index (χ1) is 8.19. The summed E-state index contributed by atoms with van der Waals surface area (Å²) in [5.74, 6) is -1.19. The third-order valence-electron chi connectivity index (χ3n) is 1.98. The smallest absolute Gasteiger partial charge is 0.309 e. The molecule has 4 nitrogen and oxygen atoms in total. The summed E-state index contributed by atoms with van der Waals surface area (Å²) in [6, 6.07) is 1.49. The zero-order valence-corrected chi connectivity index (χ0v) is 9.35. The van der Waals surface area contributed by atoms with Crippen LogP contribution in [0.3, 0.4) is 0 Å². The molecule has 0 atom stereocenters. The van der Waals surface area contributed by atoms with Gasteiger partial charge in [0.2, 0.25) is 5.95 Å². The van der Waals surface area contributed by atoms with Crippen molar-refractivity contribution in [2.24, 2.45) is 0 Å². The number of esters is 1. The minimum absolute atomic E-state index is 0.0794. The summed E-state index contributed by atoms with van der Waals surface area (Å²) in [5, 5.41) is 0.